The van der Waals surface area contributed by atoms with Crippen molar-refractivity contribution in [3.05, 3.63) is 53.3 Å². The molecule has 1 aliphatic carbocycles. The van der Waals surface area contributed by atoms with Crippen LogP contribution < -0.4 is 14.8 Å². The van der Waals surface area contributed by atoms with Crippen molar-refractivity contribution in [2.45, 2.75) is 56.5 Å². The van der Waals surface area contributed by atoms with Gasteiger partial charge >= 0.3 is 0 Å². The summed E-state index contributed by atoms with van der Waals surface area (Å²) in [6.07, 6.45) is 10.1. The van der Waals surface area contributed by atoms with Gasteiger partial charge in [-0.05, 0) is 42.2 Å². The molecule has 0 saturated heterocycles. The highest BCUT2D eigenvalue weighted by atomic mass is 16.5. The van der Waals surface area contributed by atoms with Crippen LogP contribution in [0.2, 0.25) is 0 Å². The number of likely N-dealkylation sites (N-methyl/N-ethyl adjacent to an activating group) is 1. The molecule has 32 heavy (non-hydrogen) atoms. The fourth-order valence-corrected chi connectivity index (χ4v) is 5.01. The minimum atomic E-state index is -0.583. The minimum absolute atomic E-state index is 0.0708. The molecule has 4 rings (SSSR count). The molecule has 2 aliphatic rings. The third-order valence-corrected chi connectivity index (χ3v) is 6.68. The standard InChI is InChI=1S/C25H31N3O4/c1-28-23(16-9-8-12-26-15-16)22(24(29)27-17-10-6-4-5-7-11-17)18-13-20(31-2)21(32-3)14-19(18)25(28)30/h8-9,12-15,17,22-23H,4-7,10-11H2,1-3H3,(H,27,29)/t22-,23+/m1/s1. The second-order valence-corrected chi connectivity index (χ2v) is 8.62. The summed E-state index contributed by atoms with van der Waals surface area (Å²) in [7, 11) is 4.84. The Bertz CT molecular complexity index is 971. The molecule has 2 amide bonds. The van der Waals surface area contributed by atoms with E-state index in [9.17, 15) is 9.59 Å². The van der Waals surface area contributed by atoms with Crippen molar-refractivity contribution in [1.82, 2.24) is 15.2 Å². The number of carbonyl (C=O) groups excluding carboxylic acids is 2. The Morgan fingerprint density at radius 3 is 2.41 bits per heavy atom. The largest absolute Gasteiger partial charge is 0.493 e. The van der Waals surface area contributed by atoms with Crippen LogP contribution in [0.1, 0.15) is 72.0 Å². The van der Waals surface area contributed by atoms with Crippen LogP contribution in [0.25, 0.3) is 0 Å². The molecule has 1 saturated carbocycles. The molecule has 0 spiro atoms. The van der Waals surface area contributed by atoms with Crippen LogP contribution in [-0.4, -0.2) is 49.0 Å². The average molecular weight is 438 g/mol. The number of amides is 2. The van der Waals surface area contributed by atoms with Crippen LogP contribution in [0.5, 0.6) is 11.5 Å². The number of aromatic nitrogens is 1. The van der Waals surface area contributed by atoms with Crippen molar-refractivity contribution in [1.29, 1.82) is 0 Å². The van der Waals surface area contributed by atoms with E-state index in [4.69, 9.17) is 9.47 Å². The van der Waals surface area contributed by atoms with E-state index >= 15 is 0 Å². The van der Waals surface area contributed by atoms with E-state index in [1.807, 2.05) is 12.1 Å². The predicted molar refractivity (Wildman–Crippen MR) is 121 cm³/mol. The first-order valence-corrected chi connectivity index (χ1v) is 11.3. The van der Waals surface area contributed by atoms with E-state index in [0.29, 0.717) is 22.6 Å². The molecule has 1 aromatic carbocycles. The highest BCUT2D eigenvalue weighted by Crippen LogP contribution is 2.45. The molecule has 1 fully saturated rings. The van der Waals surface area contributed by atoms with Gasteiger partial charge in [0.25, 0.3) is 5.91 Å². The average Bonchev–Trinajstić information content (AvgIpc) is 3.09. The van der Waals surface area contributed by atoms with Crippen LogP contribution in [0.4, 0.5) is 0 Å². The summed E-state index contributed by atoms with van der Waals surface area (Å²) in [5, 5.41) is 3.30. The second kappa shape index (κ2) is 9.59. The van der Waals surface area contributed by atoms with E-state index in [1.54, 1.807) is 43.6 Å². The molecular weight excluding hydrogens is 406 g/mol. The van der Waals surface area contributed by atoms with Crippen molar-refractivity contribution < 1.29 is 19.1 Å². The van der Waals surface area contributed by atoms with E-state index in [-0.39, 0.29) is 17.9 Å². The lowest BCUT2D eigenvalue weighted by molar-refractivity contribution is -0.125. The Labute approximate surface area is 189 Å². The summed E-state index contributed by atoms with van der Waals surface area (Å²) < 4.78 is 10.9. The monoisotopic (exact) mass is 437 g/mol. The molecule has 1 aromatic heterocycles. The maximum Gasteiger partial charge on any atom is 0.254 e. The zero-order chi connectivity index (χ0) is 22.7. The van der Waals surface area contributed by atoms with Gasteiger partial charge in [0.05, 0.1) is 26.2 Å². The maximum atomic E-state index is 13.8. The van der Waals surface area contributed by atoms with Crippen molar-refractivity contribution in [3.63, 3.8) is 0 Å². The topological polar surface area (TPSA) is 80.8 Å². The summed E-state index contributed by atoms with van der Waals surface area (Å²) in [4.78, 5) is 33.0. The number of nitrogens with zero attached hydrogens (tertiary/aromatic N) is 2. The van der Waals surface area contributed by atoms with Crippen molar-refractivity contribution in [3.8, 4) is 11.5 Å². The number of fused-ring (bicyclic) bond motifs is 1. The number of ether oxygens (including phenoxy) is 2. The molecule has 170 valence electrons. The van der Waals surface area contributed by atoms with Gasteiger partial charge in [-0.3, -0.25) is 14.6 Å². The predicted octanol–water partition coefficient (Wildman–Crippen LogP) is 3.85. The van der Waals surface area contributed by atoms with E-state index in [1.165, 1.54) is 20.0 Å². The van der Waals surface area contributed by atoms with Gasteiger partial charge in [0.15, 0.2) is 11.5 Å². The lowest BCUT2D eigenvalue weighted by Gasteiger charge is -2.40. The number of rotatable bonds is 5. The molecule has 7 nitrogen and oxygen atoms in total. The first kappa shape index (κ1) is 22.1. The summed E-state index contributed by atoms with van der Waals surface area (Å²) >= 11 is 0. The molecule has 7 heteroatoms. The molecule has 0 unspecified atom stereocenters. The van der Waals surface area contributed by atoms with Crippen LogP contribution >= 0.6 is 0 Å². The second-order valence-electron chi connectivity index (χ2n) is 8.62. The number of carbonyl (C=O) groups is 2. The minimum Gasteiger partial charge on any atom is -0.493 e. The summed E-state index contributed by atoms with van der Waals surface area (Å²) in [5.74, 6) is 0.156. The first-order chi connectivity index (χ1) is 15.5. The fourth-order valence-electron chi connectivity index (χ4n) is 5.01. The van der Waals surface area contributed by atoms with Crippen LogP contribution in [0.3, 0.4) is 0 Å². The Hall–Kier alpha value is -3.09. The Morgan fingerprint density at radius 2 is 1.78 bits per heavy atom. The molecule has 2 atom stereocenters. The number of hydrogen-bond acceptors (Lipinski definition) is 5. The highest BCUT2D eigenvalue weighted by Gasteiger charge is 2.44. The summed E-state index contributed by atoms with van der Waals surface area (Å²) in [5.41, 5.74) is 1.95. The molecule has 0 radical (unpaired) electrons. The molecule has 2 heterocycles. The maximum absolute atomic E-state index is 13.8. The van der Waals surface area contributed by atoms with Gasteiger partial charge in [-0.2, -0.15) is 0 Å². The molecule has 0 bridgehead atoms. The lowest BCUT2D eigenvalue weighted by atomic mass is 9.79. The van der Waals surface area contributed by atoms with Gasteiger partial charge in [-0.25, -0.2) is 0 Å². The van der Waals surface area contributed by atoms with Crippen molar-refractivity contribution >= 4 is 11.8 Å². The molecule has 1 N–H and O–H groups in total. The highest BCUT2D eigenvalue weighted by molar-refractivity contribution is 6.02. The number of hydrogen-bond donors (Lipinski definition) is 1. The van der Waals surface area contributed by atoms with Gasteiger partial charge in [-0.15, -0.1) is 0 Å². The van der Waals surface area contributed by atoms with Crippen LogP contribution in [0, 0.1) is 0 Å². The Kier molecular flexibility index (Phi) is 6.63. The third-order valence-electron chi connectivity index (χ3n) is 6.68. The first-order valence-electron chi connectivity index (χ1n) is 11.3. The van der Waals surface area contributed by atoms with Gasteiger partial charge in [0, 0.05) is 31.0 Å². The molecule has 2 aromatic rings. The Morgan fingerprint density at radius 1 is 1.09 bits per heavy atom. The lowest BCUT2D eigenvalue weighted by Crippen LogP contribution is -2.47. The number of benzene rings is 1. The van der Waals surface area contributed by atoms with Crippen molar-refractivity contribution in [2.75, 3.05) is 21.3 Å². The van der Waals surface area contributed by atoms with E-state index < -0.39 is 12.0 Å². The normalized spacial score (nSPS) is 21.5. The van der Waals surface area contributed by atoms with Crippen LogP contribution in [0.15, 0.2) is 36.7 Å². The summed E-state index contributed by atoms with van der Waals surface area (Å²) in [6, 6.07) is 6.90. The van der Waals surface area contributed by atoms with Crippen LogP contribution in [-0.2, 0) is 4.79 Å². The zero-order valence-electron chi connectivity index (χ0n) is 19.0. The fraction of sp³-hybridized carbons (Fsp3) is 0.480. The van der Waals surface area contributed by atoms with Crippen molar-refractivity contribution in [2.24, 2.45) is 0 Å². The van der Waals surface area contributed by atoms with E-state index in [0.717, 1.165) is 31.2 Å². The van der Waals surface area contributed by atoms with Gasteiger partial charge < -0.3 is 19.7 Å². The van der Waals surface area contributed by atoms with Gasteiger partial charge in [0.2, 0.25) is 5.91 Å². The molecular formula is C25H31N3O4. The van der Waals surface area contributed by atoms with Gasteiger partial charge in [-0.1, -0.05) is 31.7 Å². The van der Waals surface area contributed by atoms with Gasteiger partial charge in [0.1, 0.15) is 0 Å². The zero-order valence-corrected chi connectivity index (χ0v) is 19.0. The number of nitrogens with one attached hydrogen (secondary N) is 1. The molecule has 1 aliphatic heterocycles. The van der Waals surface area contributed by atoms with E-state index in [2.05, 4.69) is 10.3 Å². The number of pyridine rings is 1. The quantitative estimate of drug-likeness (QED) is 0.719. The SMILES string of the molecule is COc1cc2c(cc1OC)[C@@H](C(=O)NC1CCCCCC1)[C@H](c1cccnc1)N(C)C2=O. The smallest absolute Gasteiger partial charge is 0.254 e. The number of methoxy groups -OCH3 is 2. The Balaban J connectivity index is 1.80. The summed E-state index contributed by atoms with van der Waals surface area (Å²) in [6.45, 7) is 0. The third kappa shape index (κ3) is 4.16.